The Labute approximate surface area is 176 Å². The molecule has 0 saturated carbocycles. The van der Waals surface area contributed by atoms with Gasteiger partial charge in [-0.25, -0.2) is 9.97 Å². The van der Waals surface area contributed by atoms with Gasteiger partial charge in [0.1, 0.15) is 11.4 Å². The molecule has 0 fully saturated rings. The lowest BCUT2D eigenvalue weighted by atomic mass is 10.1. The Balaban J connectivity index is 1.48. The summed E-state index contributed by atoms with van der Waals surface area (Å²) in [5.41, 5.74) is 0.191. The quantitative estimate of drug-likeness (QED) is 0.291. The van der Waals surface area contributed by atoms with Gasteiger partial charge in [-0.2, -0.15) is 13.2 Å². The molecule has 0 radical (unpaired) electrons. The van der Waals surface area contributed by atoms with Gasteiger partial charge in [-0.1, -0.05) is 42.1 Å². The van der Waals surface area contributed by atoms with E-state index in [0.717, 1.165) is 29.8 Å². The maximum absolute atomic E-state index is 13.1. The summed E-state index contributed by atoms with van der Waals surface area (Å²) < 4.78 is 44.6. The number of amides is 1. The molecule has 0 spiro atoms. The lowest BCUT2D eigenvalue weighted by molar-refractivity contribution is -0.141. The van der Waals surface area contributed by atoms with Crippen LogP contribution in [0.25, 0.3) is 11.5 Å². The highest BCUT2D eigenvalue weighted by Gasteiger charge is 2.34. The predicted molar refractivity (Wildman–Crippen MR) is 108 cm³/mol. The van der Waals surface area contributed by atoms with Gasteiger partial charge in [0.05, 0.1) is 6.26 Å². The van der Waals surface area contributed by atoms with Crippen molar-refractivity contribution >= 4 is 17.7 Å². The third-order valence-electron chi connectivity index (χ3n) is 4.13. The van der Waals surface area contributed by atoms with E-state index in [0.29, 0.717) is 18.7 Å². The van der Waals surface area contributed by atoms with Crippen LogP contribution in [0.3, 0.4) is 0 Å². The smallest absolute Gasteiger partial charge is 0.433 e. The summed E-state index contributed by atoms with van der Waals surface area (Å²) in [6.45, 7) is 0.541. The molecule has 0 aliphatic heterocycles. The van der Waals surface area contributed by atoms with Crippen molar-refractivity contribution < 1.29 is 22.4 Å². The van der Waals surface area contributed by atoms with Crippen molar-refractivity contribution in [3.05, 3.63) is 66.1 Å². The van der Waals surface area contributed by atoms with Gasteiger partial charge >= 0.3 is 6.18 Å². The van der Waals surface area contributed by atoms with Crippen LogP contribution < -0.4 is 5.32 Å². The molecule has 0 atom stereocenters. The lowest BCUT2D eigenvalue weighted by Gasteiger charge is -2.09. The minimum atomic E-state index is -4.59. The van der Waals surface area contributed by atoms with Crippen LogP contribution in [-0.4, -0.2) is 28.2 Å². The van der Waals surface area contributed by atoms with Gasteiger partial charge in [0, 0.05) is 18.7 Å². The molecule has 9 heteroatoms. The van der Waals surface area contributed by atoms with E-state index in [9.17, 15) is 18.0 Å². The molecule has 0 aliphatic carbocycles. The second kappa shape index (κ2) is 10.3. The van der Waals surface area contributed by atoms with Crippen LogP contribution in [0.5, 0.6) is 0 Å². The van der Waals surface area contributed by atoms with Gasteiger partial charge in [-0.3, -0.25) is 4.79 Å². The largest absolute Gasteiger partial charge is 0.463 e. The molecule has 0 saturated heterocycles. The van der Waals surface area contributed by atoms with Crippen molar-refractivity contribution in [1.29, 1.82) is 0 Å². The molecule has 158 valence electrons. The van der Waals surface area contributed by atoms with Gasteiger partial charge in [-0.15, -0.1) is 0 Å². The van der Waals surface area contributed by atoms with Crippen molar-refractivity contribution in [3.63, 3.8) is 0 Å². The van der Waals surface area contributed by atoms with Gasteiger partial charge in [0.25, 0.3) is 0 Å². The summed E-state index contributed by atoms with van der Waals surface area (Å²) >= 11 is 1.08. The number of nitrogens with one attached hydrogen (secondary N) is 1. The fraction of sp³-hybridized carbons (Fsp3) is 0.286. The number of benzene rings is 1. The topological polar surface area (TPSA) is 68.0 Å². The van der Waals surface area contributed by atoms with E-state index in [1.165, 1.54) is 12.3 Å². The maximum atomic E-state index is 13.1. The van der Waals surface area contributed by atoms with E-state index >= 15 is 0 Å². The van der Waals surface area contributed by atoms with E-state index in [1.54, 1.807) is 6.07 Å². The summed E-state index contributed by atoms with van der Waals surface area (Å²) in [5, 5.41) is 2.85. The van der Waals surface area contributed by atoms with Crippen molar-refractivity contribution in [1.82, 2.24) is 15.3 Å². The number of aromatic nitrogens is 2. The molecule has 3 rings (SSSR count). The zero-order valence-corrected chi connectivity index (χ0v) is 16.8. The number of carbonyl (C=O) groups excluding carboxylic acids is 1. The Morgan fingerprint density at radius 3 is 2.60 bits per heavy atom. The highest BCUT2D eigenvalue weighted by molar-refractivity contribution is 7.99. The lowest BCUT2D eigenvalue weighted by Crippen LogP contribution is -2.25. The first-order valence-corrected chi connectivity index (χ1v) is 10.3. The van der Waals surface area contributed by atoms with Gasteiger partial charge in [0.2, 0.25) is 5.91 Å². The van der Waals surface area contributed by atoms with E-state index in [2.05, 4.69) is 15.3 Å². The zero-order chi connectivity index (χ0) is 21.4. The molecular weight excluding hydrogens is 415 g/mol. The third kappa shape index (κ3) is 6.62. The summed E-state index contributed by atoms with van der Waals surface area (Å²) in [6, 6.07) is 13.8. The highest BCUT2D eigenvalue weighted by atomic mass is 32.2. The van der Waals surface area contributed by atoms with Gasteiger partial charge in [-0.05, 0) is 36.6 Å². The van der Waals surface area contributed by atoms with E-state index < -0.39 is 11.9 Å². The van der Waals surface area contributed by atoms with E-state index in [-0.39, 0.29) is 28.9 Å². The molecule has 3 aromatic rings. The van der Waals surface area contributed by atoms with Crippen LogP contribution in [0.2, 0.25) is 0 Å². The second-order valence-electron chi connectivity index (χ2n) is 6.43. The van der Waals surface area contributed by atoms with Crippen molar-refractivity contribution in [2.24, 2.45) is 0 Å². The summed E-state index contributed by atoms with van der Waals surface area (Å²) in [7, 11) is 0. The average molecular weight is 435 g/mol. The number of hydrogen-bond donors (Lipinski definition) is 1. The Morgan fingerprint density at radius 1 is 1.10 bits per heavy atom. The standard InChI is InChI=1S/C21H20F3N3O2S/c22-21(23,24)18-14-16(17-8-4-12-29-17)26-20(27-18)30-13-5-9-19(28)25-11-10-15-6-2-1-3-7-15/h1-4,6-8,12,14H,5,9-11,13H2,(H,25,28). The highest BCUT2D eigenvalue weighted by Crippen LogP contribution is 2.32. The normalized spacial score (nSPS) is 11.4. The van der Waals surface area contributed by atoms with Crippen LogP contribution in [0.4, 0.5) is 13.2 Å². The van der Waals surface area contributed by atoms with Crippen LogP contribution in [0.15, 0.2) is 64.4 Å². The molecule has 1 aromatic carbocycles. The Kier molecular flexibility index (Phi) is 7.51. The number of thioether (sulfide) groups is 1. The minimum absolute atomic E-state index is 0.000658. The van der Waals surface area contributed by atoms with Crippen molar-refractivity contribution in [3.8, 4) is 11.5 Å². The fourth-order valence-corrected chi connectivity index (χ4v) is 3.46. The summed E-state index contributed by atoms with van der Waals surface area (Å²) in [4.78, 5) is 19.7. The molecule has 1 amide bonds. The van der Waals surface area contributed by atoms with E-state index in [1.807, 2.05) is 30.3 Å². The Morgan fingerprint density at radius 2 is 1.90 bits per heavy atom. The number of furan rings is 1. The molecule has 2 aromatic heterocycles. The third-order valence-corrected chi connectivity index (χ3v) is 5.06. The molecule has 30 heavy (non-hydrogen) atoms. The van der Waals surface area contributed by atoms with Crippen LogP contribution in [-0.2, 0) is 17.4 Å². The fourth-order valence-electron chi connectivity index (χ4n) is 2.66. The number of hydrogen-bond acceptors (Lipinski definition) is 5. The zero-order valence-electron chi connectivity index (χ0n) is 16.0. The number of alkyl halides is 3. The SMILES string of the molecule is O=C(CCCSc1nc(-c2ccco2)cc(C(F)(F)F)n1)NCCc1ccccc1. The average Bonchev–Trinajstić information content (AvgIpc) is 3.26. The second-order valence-corrected chi connectivity index (χ2v) is 7.50. The van der Waals surface area contributed by atoms with Crippen LogP contribution >= 0.6 is 11.8 Å². The number of halogens is 3. The Bertz CT molecular complexity index is 948. The maximum Gasteiger partial charge on any atom is 0.433 e. The van der Waals surface area contributed by atoms with Gasteiger partial charge in [0.15, 0.2) is 10.9 Å². The van der Waals surface area contributed by atoms with Crippen molar-refractivity contribution in [2.75, 3.05) is 12.3 Å². The monoisotopic (exact) mass is 435 g/mol. The summed E-state index contributed by atoms with van der Waals surface area (Å²) in [6.07, 6.45) is -1.69. The predicted octanol–water partition coefficient (Wildman–Crippen LogP) is 4.99. The summed E-state index contributed by atoms with van der Waals surface area (Å²) in [5.74, 6) is 0.570. The van der Waals surface area contributed by atoms with Crippen LogP contribution in [0, 0.1) is 0 Å². The molecular formula is C21H20F3N3O2S. The first-order chi connectivity index (χ1) is 14.4. The molecule has 5 nitrogen and oxygen atoms in total. The van der Waals surface area contributed by atoms with Crippen molar-refractivity contribution in [2.45, 2.75) is 30.6 Å². The Hall–Kier alpha value is -2.81. The minimum Gasteiger partial charge on any atom is -0.463 e. The first-order valence-electron chi connectivity index (χ1n) is 9.35. The molecule has 0 aliphatic rings. The number of nitrogens with zero attached hydrogens (tertiary/aromatic N) is 2. The molecule has 0 unspecified atom stereocenters. The van der Waals surface area contributed by atoms with Gasteiger partial charge < -0.3 is 9.73 Å². The van der Waals surface area contributed by atoms with Crippen LogP contribution in [0.1, 0.15) is 24.1 Å². The molecule has 0 bridgehead atoms. The van der Waals surface area contributed by atoms with E-state index in [4.69, 9.17) is 4.42 Å². The number of rotatable bonds is 9. The molecule has 1 N–H and O–H groups in total. The molecule has 2 heterocycles. The first kappa shape index (κ1) is 21.9. The number of carbonyl (C=O) groups is 1.